The molecule has 32 heavy (non-hydrogen) atoms. The quantitative estimate of drug-likeness (QED) is 0.648. The van der Waals surface area contributed by atoms with E-state index in [1.807, 2.05) is 19.9 Å². The second-order valence-electron chi connectivity index (χ2n) is 7.59. The van der Waals surface area contributed by atoms with Gasteiger partial charge in [-0.15, -0.1) is 0 Å². The molecule has 2 aromatic rings. The molecule has 6 nitrogen and oxygen atoms in total. The summed E-state index contributed by atoms with van der Waals surface area (Å²) in [6.07, 6.45) is 3.63. The summed E-state index contributed by atoms with van der Waals surface area (Å²) in [5.41, 5.74) is 2.48. The maximum atomic E-state index is 11.7. The highest BCUT2D eigenvalue weighted by Crippen LogP contribution is 2.22. The van der Waals surface area contributed by atoms with E-state index in [0.29, 0.717) is 37.1 Å². The van der Waals surface area contributed by atoms with Gasteiger partial charge in [0.05, 0.1) is 11.1 Å². The number of imide groups is 2. The zero-order valence-corrected chi connectivity index (χ0v) is 19.2. The van der Waals surface area contributed by atoms with Crippen LogP contribution in [0.3, 0.4) is 0 Å². The lowest BCUT2D eigenvalue weighted by Crippen LogP contribution is -2.30. The van der Waals surface area contributed by atoms with Gasteiger partial charge >= 0.3 is 0 Å². The second kappa shape index (κ2) is 12.5. The number of aryl methyl sites for hydroxylation is 1. The monoisotopic (exact) mass is 436 g/mol. The van der Waals surface area contributed by atoms with Gasteiger partial charge in [-0.1, -0.05) is 63.2 Å². The average molecular weight is 437 g/mol. The average Bonchev–Trinajstić information content (AvgIpc) is 3.27. The summed E-state index contributed by atoms with van der Waals surface area (Å²) in [6.45, 7) is 7.17. The predicted molar refractivity (Wildman–Crippen MR) is 124 cm³/mol. The van der Waals surface area contributed by atoms with Crippen molar-refractivity contribution in [1.29, 1.82) is 0 Å². The molecule has 2 aliphatic rings. The van der Waals surface area contributed by atoms with Crippen molar-refractivity contribution in [3.63, 3.8) is 0 Å². The van der Waals surface area contributed by atoms with Gasteiger partial charge < -0.3 is 0 Å². The SMILES string of the molecule is CCCN1C(=O)CCC1=O.CCCN1C(=O)c2ccccc2C1=O.CCc1ccccc1. The number of likely N-dealkylation sites (tertiary alicyclic amines) is 1. The fourth-order valence-corrected chi connectivity index (χ4v) is 3.48. The van der Waals surface area contributed by atoms with Crippen LogP contribution in [0.15, 0.2) is 54.6 Å². The Morgan fingerprint density at radius 1 is 0.625 bits per heavy atom. The number of carbonyl (C=O) groups excluding carboxylic acids is 4. The first kappa shape index (κ1) is 25.0. The summed E-state index contributed by atoms with van der Waals surface area (Å²) in [4.78, 5) is 47.8. The van der Waals surface area contributed by atoms with Crippen LogP contribution in [0.4, 0.5) is 0 Å². The van der Waals surface area contributed by atoms with Gasteiger partial charge in [0.15, 0.2) is 0 Å². The minimum atomic E-state index is -0.160. The molecule has 4 amide bonds. The van der Waals surface area contributed by atoms with Crippen molar-refractivity contribution in [1.82, 2.24) is 9.80 Å². The molecule has 0 unspecified atom stereocenters. The summed E-state index contributed by atoms with van der Waals surface area (Å²) in [5, 5.41) is 0. The van der Waals surface area contributed by atoms with Gasteiger partial charge in [-0.25, -0.2) is 0 Å². The molecule has 0 N–H and O–H groups in total. The van der Waals surface area contributed by atoms with Crippen LogP contribution >= 0.6 is 0 Å². The summed E-state index contributed by atoms with van der Waals surface area (Å²) in [7, 11) is 0. The van der Waals surface area contributed by atoms with Gasteiger partial charge in [0, 0.05) is 25.9 Å². The highest BCUT2D eigenvalue weighted by Gasteiger charge is 2.34. The second-order valence-corrected chi connectivity index (χ2v) is 7.59. The number of carbonyl (C=O) groups is 4. The topological polar surface area (TPSA) is 74.8 Å². The lowest BCUT2D eigenvalue weighted by molar-refractivity contribution is -0.138. The van der Waals surface area contributed by atoms with Crippen molar-refractivity contribution in [2.24, 2.45) is 0 Å². The van der Waals surface area contributed by atoms with E-state index in [1.54, 1.807) is 24.3 Å². The van der Waals surface area contributed by atoms with Crippen molar-refractivity contribution in [2.45, 2.75) is 52.9 Å². The first-order valence-corrected chi connectivity index (χ1v) is 11.3. The van der Waals surface area contributed by atoms with Gasteiger partial charge in [0.1, 0.15) is 0 Å². The van der Waals surface area contributed by atoms with Crippen molar-refractivity contribution in [3.8, 4) is 0 Å². The summed E-state index contributed by atoms with van der Waals surface area (Å²) < 4.78 is 0. The van der Waals surface area contributed by atoms with E-state index in [0.717, 1.165) is 19.3 Å². The van der Waals surface area contributed by atoms with Gasteiger partial charge in [-0.2, -0.15) is 0 Å². The van der Waals surface area contributed by atoms with Gasteiger partial charge in [0.25, 0.3) is 11.8 Å². The molecule has 6 heteroatoms. The molecule has 0 saturated carbocycles. The van der Waals surface area contributed by atoms with Crippen LogP contribution < -0.4 is 0 Å². The number of benzene rings is 2. The Kier molecular flexibility index (Phi) is 9.79. The van der Waals surface area contributed by atoms with E-state index in [4.69, 9.17) is 0 Å². The van der Waals surface area contributed by atoms with Crippen LogP contribution in [-0.4, -0.2) is 46.5 Å². The molecule has 1 saturated heterocycles. The van der Waals surface area contributed by atoms with Crippen molar-refractivity contribution >= 4 is 23.6 Å². The minimum absolute atomic E-state index is 0.00755. The Morgan fingerprint density at radius 2 is 1.06 bits per heavy atom. The molecule has 170 valence electrons. The van der Waals surface area contributed by atoms with Gasteiger partial charge in [-0.05, 0) is 37.0 Å². The third-order valence-corrected chi connectivity index (χ3v) is 5.18. The molecule has 0 bridgehead atoms. The van der Waals surface area contributed by atoms with Crippen LogP contribution in [0.5, 0.6) is 0 Å². The van der Waals surface area contributed by atoms with Crippen LogP contribution in [0.25, 0.3) is 0 Å². The maximum Gasteiger partial charge on any atom is 0.261 e. The highest BCUT2D eigenvalue weighted by atomic mass is 16.2. The maximum absolute atomic E-state index is 11.7. The van der Waals surface area contributed by atoms with E-state index >= 15 is 0 Å². The number of nitrogens with zero attached hydrogens (tertiary/aromatic N) is 2. The highest BCUT2D eigenvalue weighted by molar-refractivity contribution is 6.21. The Labute approximate surface area is 190 Å². The Morgan fingerprint density at radius 3 is 1.47 bits per heavy atom. The smallest absolute Gasteiger partial charge is 0.261 e. The number of amides is 4. The molecule has 0 aliphatic carbocycles. The summed E-state index contributed by atoms with van der Waals surface area (Å²) >= 11 is 0. The summed E-state index contributed by atoms with van der Waals surface area (Å²) in [6, 6.07) is 17.4. The lowest BCUT2D eigenvalue weighted by atomic mass is 10.1. The fraction of sp³-hybridized carbons (Fsp3) is 0.385. The predicted octanol–water partition coefficient (Wildman–Crippen LogP) is 4.49. The van der Waals surface area contributed by atoms with E-state index in [9.17, 15) is 19.2 Å². The first-order chi connectivity index (χ1) is 15.4. The van der Waals surface area contributed by atoms with E-state index in [1.165, 1.54) is 15.4 Å². The molecule has 2 aromatic carbocycles. The van der Waals surface area contributed by atoms with Crippen LogP contribution in [0, 0.1) is 0 Å². The van der Waals surface area contributed by atoms with Crippen molar-refractivity contribution < 1.29 is 19.2 Å². The zero-order valence-electron chi connectivity index (χ0n) is 19.2. The number of fused-ring (bicyclic) bond motifs is 1. The van der Waals surface area contributed by atoms with E-state index < -0.39 is 0 Å². The minimum Gasteiger partial charge on any atom is -0.283 e. The third kappa shape index (κ3) is 6.36. The van der Waals surface area contributed by atoms with Crippen molar-refractivity contribution in [3.05, 3.63) is 71.3 Å². The van der Waals surface area contributed by atoms with Crippen LogP contribution in [0.1, 0.15) is 72.7 Å². The third-order valence-electron chi connectivity index (χ3n) is 5.18. The summed E-state index contributed by atoms with van der Waals surface area (Å²) in [5.74, 6) is -0.335. The zero-order chi connectivity index (χ0) is 23.5. The van der Waals surface area contributed by atoms with Crippen LogP contribution in [0.2, 0.25) is 0 Å². The molecule has 0 radical (unpaired) electrons. The van der Waals surface area contributed by atoms with E-state index in [-0.39, 0.29) is 23.6 Å². The molecule has 2 heterocycles. The van der Waals surface area contributed by atoms with Gasteiger partial charge in [0.2, 0.25) is 11.8 Å². The lowest BCUT2D eigenvalue weighted by Gasteiger charge is -2.11. The van der Waals surface area contributed by atoms with E-state index in [2.05, 4.69) is 31.2 Å². The molecular weight excluding hydrogens is 404 g/mol. The molecule has 0 atom stereocenters. The number of hydrogen-bond acceptors (Lipinski definition) is 4. The van der Waals surface area contributed by atoms with Crippen molar-refractivity contribution in [2.75, 3.05) is 13.1 Å². The largest absolute Gasteiger partial charge is 0.283 e. The molecule has 4 rings (SSSR count). The fourth-order valence-electron chi connectivity index (χ4n) is 3.48. The molecule has 0 spiro atoms. The molecular formula is C26H32N2O4. The Hall–Kier alpha value is -3.28. The Balaban J connectivity index is 0.000000178. The normalized spacial score (nSPS) is 14.6. The molecule has 1 fully saturated rings. The molecule has 0 aromatic heterocycles. The molecule has 2 aliphatic heterocycles. The van der Waals surface area contributed by atoms with Gasteiger partial charge in [-0.3, -0.25) is 29.0 Å². The first-order valence-electron chi connectivity index (χ1n) is 11.3. The number of rotatable bonds is 5. The standard InChI is InChI=1S/C11H11NO2.C8H10.C7H11NO2/c1-2-7-12-10(13)8-5-3-4-6-9(8)11(12)14;1-2-8-6-4-3-5-7-8;1-2-5-8-6(9)3-4-7(8)10/h3-6H,2,7H2,1H3;3-7H,2H2,1H3;2-5H2,1H3. The Bertz CT molecular complexity index is 889. The van der Waals surface area contributed by atoms with Crippen LogP contribution in [-0.2, 0) is 16.0 Å². The number of hydrogen-bond donors (Lipinski definition) is 0.